The first-order valence-corrected chi connectivity index (χ1v) is 7.62. The van der Waals surface area contributed by atoms with Crippen molar-refractivity contribution in [3.63, 3.8) is 0 Å². The first-order chi connectivity index (χ1) is 11.1. The lowest BCUT2D eigenvalue weighted by Crippen LogP contribution is -2.26. The Bertz CT molecular complexity index is 955. The zero-order valence-corrected chi connectivity index (χ0v) is 13.8. The molecule has 0 fully saturated rings. The van der Waals surface area contributed by atoms with Gasteiger partial charge in [0.15, 0.2) is 6.73 Å². The molecule has 0 spiro atoms. The summed E-state index contributed by atoms with van der Waals surface area (Å²) in [6.07, 6.45) is 0. The summed E-state index contributed by atoms with van der Waals surface area (Å²) in [4.78, 5) is 24.2. The highest BCUT2D eigenvalue weighted by atomic mass is 127. The molecular weight excluding hydrogens is 413 g/mol. The number of phenols is 1. The van der Waals surface area contributed by atoms with Crippen LogP contribution in [0.2, 0.25) is 0 Å². The van der Waals surface area contributed by atoms with Gasteiger partial charge in [-0.05, 0) is 52.9 Å². The number of aromatic nitrogens is 3. The third-order valence-electron chi connectivity index (χ3n) is 3.13. The minimum Gasteiger partial charge on any atom is -0.507 e. The van der Waals surface area contributed by atoms with E-state index >= 15 is 0 Å². The van der Waals surface area contributed by atoms with Crippen LogP contribution in [0.25, 0.3) is 10.9 Å². The number of phenolic OH excluding ortho intramolecular Hbond substituents is 1. The monoisotopic (exact) mass is 423 g/mol. The van der Waals surface area contributed by atoms with E-state index in [0.717, 1.165) is 8.25 Å². The molecule has 0 unspecified atom stereocenters. The second-order valence-electron chi connectivity index (χ2n) is 4.63. The van der Waals surface area contributed by atoms with Crippen LogP contribution in [-0.4, -0.2) is 26.1 Å². The normalized spacial score (nSPS) is 10.7. The average molecular weight is 423 g/mol. The molecule has 23 heavy (non-hydrogen) atoms. The van der Waals surface area contributed by atoms with E-state index in [1.54, 1.807) is 30.3 Å². The Morgan fingerprint density at radius 3 is 2.87 bits per heavy atom. The topological polar surface area (TPSA) is 94.3 Å². The standard InChI is InChI=1S/C15H10IN3O4/c16-9-5-6-13(20)11(7-9)15(22)23-8-19-14(21)10-3-1-2-4-12(10)17-18-19/h1-7,20H,8H2. The van der Waals surface area contributed by atoms with Crippen molar-refractivity contribution >= 4 is 39.5 Å². The molecule has 0 saturated carbocycles. The number of halogens is 1. The number of rotatable bonds is 3. The van der Waals surface area contributed by atoms with E-state index in [1.807, 2.05) is 22.6 Å². The molecule has 0 bridgehead atoms. The van der Waals surface area contributed by atoms with Gasteiger partial charge in [0.25, 0.3) is 5.56 Å². The van der Waals surface area contributed by atoms with Crippen molar-refractivity contribution in [1.29, 1.82) is 0 Å². The third-order valence-corrected chi connectivity index (χ3v) is 3.80. The summed E-state index contributed by atoms with van der Waals surface area (Å²) in [5, 5.41) is 17.7. The lowest BCUT2D eigenvalue weighted by Gasteiger charge is -2.08. The Labute approximate surface area is 143 Å². The number of ether oxygens (including phenoxy) is 1. The average Bonchev–Trinajstić information content (AvgIpc) is 2.56. The van der Waals surface area contributed by atoms with Crippen molar-refractivity contribution in [2.75, 3.05) is 0 Å². The highest BCUT2D eigenvalue weighted by molar-refractivity contribution is 14.1. The van der Waals surface area contributed by atoms with Gasteiger partial charge in [-0.3, -0.25) is 4.79 Å². The Kier molecular flexibility index (Phi) is 4.24. The van der Waals surface area contributed by atoms with Gasteiger partial charge < -0.3 is 9.84 Å². The van der Waals surface area contributed by atoms with Crippen LogP contribution < -0.4 is 5.56 Å². The highest BCUT2D eigenvalue weighted by Crippen LogP contribution is 2.20. The molecule has 1 heterocycles. The Morgan fingerprint density at radius 2 is 2.04 bits per heavy atom. The zero-order valence-electron chi connectivity index (χ0n) is 11.6. The summed E-state index contributed by atoms with van der Waals surface area (Å²) in [7, 11) is 0. The summed E-state index contributed by atoms with van der Waals surface area (Å²) < 4.78 is 6.76. The van der Waals surface area contributed by atoms with Gasteiger partial charge in [0.2, 0.25) is 0 Å². The molecule has 0 aliphatic carbocycles. The fraction of sp³-hybridized carbons (Fsp3) is 0.0667. The first-order valence-electron chi connectivity index (χ1n) is 6.54. The highest BCUT2D eigenvalue weighted by Gasteiger charge is 2.14. The second kappa shape index (κ2) is 6.32. The van der Waals surface area contributed by atoms with Gasteiger partial charge in [0.1, 0.15) is 16.8 Å². The summed E-state index contributed by atoms with van der Waals surface area (Å²) >= 11 is 2.01. The summed E-state index contributed by atoms with van der Waals surface area (Å²) in [6, 6.07) is 11.3. The Hall–Kier alpha value is -2.49. The number of fused-ring (bicyclic) bond motifs is 1. The van der Waals surface area contributed by atoms with Crippen LogP contribution in [0, 0.1) is 3.57 Å². The summed E-state index contributed by atoms with van der Waals surface area (Å²) in [5.41, 5.74) is 0.0873. The Morgan fingerprint density at radius 1 is 1.26 bits per heavy atom. The summed E-state index contributed by atoms with van der Waals surface area (Å²) in [5.74, 6) is -0.935. The van der Waals surface area contributed by atoms with Crippen molar-refractivity contribution in [2.24, 2.45) is 0 Å². The largest absolute Gasteiger partial charge is 0.507 e. The van der Waals surface area contributed by atoms with E-state index in [2.05, 4.69) is 10.3 Å². The van der Waals surface area contributed by atoms with Crippen molar-refractivity contribution in [3.05, 3.63) is 62.0 Å². The lowest BCUT2D eigenvalue weighted by atomic mass is 10.2. The van der Waals surface area contributed by atoms with Crippen LogP contribution in [0.4, 0.5) is 0 Å². The molecule has 116 valence electrons. The fourth-order valence-corrected chi connectivity index (χ4v) is 2.47. The number of carbonyl (C=O) groups excluding carboxylic acids is 1. The fourth-order valence-electron chi connectivity index (χ4n) is 1.98. The van der Waals surface area contributed by atoms with Crippen molar-refractivity contribution < 1.29 is 14.6 Å². The van der Waals surface area contributed by atoms with Crippen molar-refractivity contribution in [2.45, 2.75) is 6.73 Å². The quantitative estimate of drug-likeness (QED) is 0.511. The third kappa shape index (κ3) is 3.16. The van der Waals surface area contributed by atoms with E-state index < -0.39 is 11.5 Å². The summed E-state index contributed by atoms with van der Waals surface area (Å²) in [6.45, 7) is -0.388. The van der Waals surface area contributed by atoms with Gasteiger partial charge in [0.05, 0.1) is 5.39 Å². The number of hydrogen-bond acceptors (Lipinski definition) is 6. The van der Waals surface area contributed by atoms with Gasteiger partial charge in [0, 0.05) is 3.57 Å². The van der Waals surface area contributed by atoms with Crippen LogP contribution in [0.15, 0.2) is 47.3 Å². The first kappa shape index (κ1) is 15.4. The van der Waals surface area contributed by atoms with Crippen molar-refractivity contribution in [1.82, 2.24) is 15.0 Å². The van der Waals surface area contributed by atoms with Crippen molar-refractivity contribution in [3.8, 4) is 5.75 Å². The number of nitrogens with zero attached hydrogens (tertiary/aromatic N) is 3. The maximum absolute atomic E-state index is 12.2. The molecule has 0 aliphatic heterocycles. The van der Waals surface area contributed by atoms with Gasteiger partial charge >= 0.3 is 5.97 Å². The molecule has 1 N–H and O–H groups in total. The molecule has 0 saturated heterocycles. The molecule has 7 nitrogen and oxygen atoms in total. The SMILES string of the molecule is O=C(OCn1nnc2ccccc2c1=O)c1cc(I)ccc1O. The van der Waals surface area contributed by atoms with E-state index in [-0.39, 0.29) is 18.0 Å². The van der Waals surface area contributed by atoms with Crippen LogP contribution in [0.3, 0.4) is 0 Å². The van der Waals surface area contributed by atoms with E-state index in [1.165, 1.54) is 12.1 Å². The van der Waals surface area contributed by atoms with Gasteiger partial charge in [-0.15, -0.1) is 5.10 Å². The molecule has 3 rings (SSSR count). The minimum absolute atomic E-state index is 0.0266. The molecule has 2 aromatic carbocycles. The molecule has 0 radical (unpaired) electrons. The molecule has 0 atom stereocenters. The minimum atomic E-state index is -0.747. The second-order valence-corrected chi connectivity index (χ2v) is 5.88. The number of aromatic hydroxyl groups is 1. The lowest BCUT2D eigenvalue weighted by molar-refractivity contribution is 0.0333. The van der Waals surface area contributed by atoms with Gasteiger partial charge in [-0.25, -0.2) is 4.79 Å². The maximum atomic E-state index is 12.2. The van der Waals surface area contributed by atoms with E-state index in [9.17, 15) is 14.7 Å². The van der Waals surface area contributed by atoms with Crippen LogP contribution in [0.1, 0.15) is 10.4 Å². The number of carbonyl (C=O) groups is 1. The molecule has 1 aromatic heterocycles. The Balaban J connectivity index is 1.83. The molecule has 0 amide bonds. The molecule has 8 heteroatoms. The molecular formula is C15H10IN3O4. The number of hydrogen-bond donors (Lipinski definition) is 1. The van der Waals surface area contributed by atoms with E-state index in [0.29, 0.717) is 10.9 Å². The smallest absolute Gasteiger partial charge is 0.343 e. The zero-order chi connectivity index (χ0) is 16.4. The van der Waals surface area contributed by atoms with Gasteiger partial charge in [-0.1, -0.05) is 17.3 Å². The van der Waals surface area contributed by atoms with Crippen LogP contribution in [-0.2, 0) is 11.5 Å². The predicted molar refractivity (Wildman–Crippen MR) is 90.0 cm³/mol. The predicted octanol–water partition coefficient (Wildman–Crippen LogP) is 1.92. The van der Waals surface area contributed by atoms with Crippen LogP contribution >= 0.6 is 22.6 Å². The maximum Gasteiger partial charge on any atom is 0.343 e. The number of benzene rings is 2. The van der Waals surface area contributed by atoms with Gasteiger partial charge in [-0.2, -0.15) is 4.68 Å². The molecule has 0 aliphatic rings. The van der Waals surface area contributed by atoms with E-state index in [4.69, 9.17) is 4.74 Å². The molecule has 3 aromatic rings. The van der Waals surface area contributed by atoms with Crippen LogP contribution in [0.5, 0.6) is 5.75 Å². The number of esters is 1.